The van der Waals surface area contributed by atoms with E-state index in [1.54, 1.807) is 40.9 Å². The third-order valence-corrected chi connectivity index (χ3v) is 6.52. The number of nitrogens with two attached hydrogens (primary N) is 1. The van der Waals surface area contributed by atoms with E-state index in [4.69, 9.17) is 29.5 Å². The number of hydrogen-bond donors (Lipinski definition) is 3. The van der Waals surface area contributed by atoms with Gasteiger partial charge in [0.1, 0.15) is 24.0 Å². The van der Waals surface area contributed by atoms with Gasteiger partial charge in [0.25, 0.3) is 0 Å². The Hall–Kier alpha value is -3.19. The number of nitrogen functional groups attached to an aromatic ring is 1. The fourth-order valence-corrected chi connectivity index (χ4v) is 4.51. The lowest BCUT2D eigenvalue weighted by molar-refractivity contribution is -0.0387. The van der Waals surface area contributed by atoms with Crippen LogP contribution in [0.5, 0.6) is 0 Å². The molecule has 1 aromatic carbocycles. The SMILES string of the molecule is N#Cc1ccc(COC(CO)COP(O)OC[C@@H]2CC[C@](C#N)(c3ccc4c(N)ncnn34)O2)cc1. The number of nitriles is 2. The molecule has 4 rings (SSSR count). The van der Waals surface area contributed by atoms with Crippen LogP contribution in [0, 0.1) is 22.7 Å². The molecular formula is C23H25N6O6P. The molecule has 1 saturated heterocycles. The lowest BCUT2D eigenvalue weighted by atomic mass is 9.98. The summed E-state index contributed by atoms with van der Waals surface area (Å²) in [6.07, 6.45) is 1.13. The second kappa shape index (κ2) is 11.7. The lowest BCUT2D eigenvalue weighted by Gasteiger charge is -2.22. The third kappa shape index (κ3) is 5.78. The van der Waals surface area contributed by atoms with Gasteiger partial charge in [-0.05, 0) is 42.7 Å². The first kappa shape index (κ1) is 25.9. The van der Waals surface area contributed by atoms with Crippen molar-refractivity contribution in [2.45, 2.75) is 37.3 Å². The maximum absolute atomic E-state index is 10.1. The van der Waals surface area contributed by atoms with E-state index in [0.29, 0.717) is 35.4 Å². The van der Waals surface area contributed by atoms with Gasteiger partial charge in [-0.25, -0.2) is 9.50 Å². The zero-order chi connectivity index (χ0) is 25.5. The average Bonchev–Trinajstić information content (AvgIpc) is 3.54. The summed E-state index contributed by atoms with van der Waals surface area (Å²) in [6.45, 7) is -0.168. The van der Waals surface area contributed by atoms with Crippen LogP contribution in [0.4, 0.5) is 5.82 Å². The van der Waals surface area contributed by atoms with Gasteiger partial charge in [-0.15, -0.1) is 0 Å². The van der Waals surface area contributed by atoms with Crippen molar-refractivity contribution < 1.29 is 28.5 Å². The molecule has 13 heteroatoms. The number of anilines is 1. The fraction of sp³-hybridized carbons (Fsp3) is 0.391. The molecule has 0 saturated carbocycles. The van der Waals surface area contributed by atoms with E-state index in [2.05, 4.69) is 16.2 Å². The van der Waals surface area contributed by atoms with Gasteiger partial charge in [-0.2, -0.15) is 15.6 Å². The number of aliphatic hydroxyl groups is 1. The van der Waals surface area contributed by atoms with E-state index in [1.165, 1.54) is 6.33 Å². The summed E-state index contributed by atoms with van der Waals surface area (Å²) in [5.41, 5.74) is 7.16. The van der Waals surface area contributed by atoms with Gasteiger partial charge < -0.3 is 34.3 Å². The van der Waals surface area contributed by atoms with Gasteiger partial charge >= 0.3 is 8.60 Å². The summed E-state index contributed by atoms with van der Waals surface area (Å²) in [4.78, 5) is 14.1. The van der Waals surface area contributed by atoms with Gasteiger partial charge in [0, 0.05) is 0 Å². The molecule has 1 aliphatic heterocycles. The van der Waals surface area contributed by atoms with E-state index in [1.807, 2.05) is 6.07 Å². The number of aliphatic hydroxyl groups excluding tert-OH is 1. The van der Waals surface area contributed by atoms with E-state index < -0.39 is 26.4 Å². The molecule has 3 heterocycles. The van der Waals surface area contributed by atoms with Crippen molar-refractivity contribution in [3.63, 3.8) is 0 Å². The predicted molar refractivity (Wildman–Crippen MR) is 127 cm³/mol. The number of fused-ring (bicyclic) bond motifs is 1. The summed E-state index contributed by atoms with van der Waals surface area (Å²) >= 11 is 0. The number of rotatable bonds is 11. The van der Waals surface area contributed by atoms with Gasteiger partial charge in [-0.1, -0.05) is 12.1 Å². The number of hydrogen-bond acceptors (Lipinski definition) is 11. The van der Waals surface area contributed by atoms with Crippen molar-refractivity contribution in [1.29, 1.82) is 10.5 Å². The van der Waals surface area contributed by atoms with Crippen LogP contribution in [0.3, 0.4) is 0 Å². The van der Waals surface area contributed by atoms with Crippen LogP contribution in [0.1, 0.15) is 29.7 Å². The van der Waals surface area contributed by atoms with E-state index in [9.17, 15) is 15.3 Å². The van der Waals surface area contributed by atoms with Gasteiger partial charge in [0.15, 0.2) is 11.4 Å². The van der Waals surface area contributed by atoms with Gasteiger partial charge in [0.2, 0.25) is 0 Å². The maximum Gasteiger partial charge on any atom is 0.330 e. The van der Waals surface area contributed by atoms with Crippen molar-refractivity contribution in [3.8, 4) is 12.1 Å². The fourth-order valence-electron chi connectivity index (χ4n) is 3.84. The Morgan fingerprint density at radius 2 is 2.06 bits per heavy atom. The summed E-state index contributed by atoms with van der Waals surface area (Å²) in [6, 6.07) is 14.6. The molecule has 2 unspecified atom stereocenters. The smallest absolute Gasteiger partial charge is 0.330 e. The Balaban J connectivity index is 1.24. The summed E-state index contributed by atoms with van der Waals surface area (Å²) in [5, 5.41) is 32.5. The highest BCUT2D eigenvalue weighted by Crippen LogP contribution is 2.41. The molecule has 36 heavy (non-hydrogen) atoms. The van der Waals surface area contributed by atoms with Crippen LogP contribution in [0.15, 0.2) is 42.7 Å². The molecule has 2 aromatic heterocycles. The first-order valence-electron chi connectivity index (χ1n) is 11.1. The second-order valence-corrected chi connectivity index (χ2v) is 9.12. The minimum absolute atomic E-state index is 0.0158. The Morgan fingerprint density at radius 3 is 2.78 bits per heavy atom. The first-order chi connectivity index (χ1) is 17.5. The average molecular weight is 512 g/mol. The van der Waals surface area contributed by atoms with Crippen LogP contribution in [0.2, 0.25) is 0 Å². The molecule has 0 spiro atoms. The number of nitrogens with zero attached hydrogens (tertiary/aromatic N) is 5. The van der Waals surface area contributed by atoms with E-state index >= 15 is 0 Å². The molecule has 3 aromatic rings. The Kier molecular flexibility index (Phi) is 8.41. The molecule has 0 radical (unpaired) electrons. The molecule has 0 aliphatic carbocycles. The quantitative estimate of drug-likeness (QED) is 0.319. The molecule has 4 atom stereocenters. The van der Waals surface area contributed by atoms with Gasteiger partial charge in [-0.3, -0.25) is 0 Å². The third-order valence-electron chi connectivity index (χ3n) is 5.78. The molecule has 0 bridgehead atoms. The predicted octanol–water partition coefficient (Wildman–Crippen LogP) is 1.91. The Bertz CT molecular complexity index is 1260. The van der Waals surface area contributed by atoms with Crippen molar-refractivity contribution >= 4 is 19.9 Å². The van der Waals surface area contributed by atoms with Crippen LogP contribution in [-0.4, -0.2) is 56.6 Å². The summed E-state index contributed by atoms with van der Waals surface area (Å²) in [7, 11) is -2.25. The Morgan fingerprint density at radius 1 is 1.25 bits per heavy atom. The molecule has 0 amide bonds. The Labute approximate surface area is 208 Å². The minimum atomic E-state index is -2.25. The van der Waals surface area contributed by atoms with Crippen LogP contribution >= 0.6 is 8.60 Å². The summed E-state index contributed by atoms with van der Waals surface area (Å²) < 4.78 is 23.9. The number of aromatic nitrogens is 3. The zero-order valence-electron chi connectivity index (χ0n) is 19.2. The molecule has 188 valence electrons. The highest BCUT2D eigenvalue weighted by atomic mass is 31.2. The van der Waals surface area contributed by atoms with Gasteiger partial charge in [0.05, 0.1) is 49.9 Å². The largest absolute Gasteiger partial charge is 0.394 e. The number of ether oxygens (including phenoxy) is 2. The monoisotopic (exact) mass is 512 g/mol. The van der Waals surface area contributed by atoms with Crippen LogP contribution < -0.4 is 5.73 Å². The number of benzene rings is 1. The van der Waals surface area contributed by atoms with Crippen LogP contribution in [-0.2, 0) is 30.7 Å². The first-order valence-corrected chi connectivity index (χ1v) is 12.2. The van der Waals surface area contributed by atoms with Crippen molar-refractivity contribution in [3.05, 3.63) is 59.5 Å². The normalized spacial score (nSPS) is 21.2. The molecule has 12 nitrogen and oxygen atoms in total. The van der Waals surface area contributed by atoms with E-state index in [-0.39, 0.29) is 26.4 Å². The lowest BCUT2D eigenvalue weighted by Crippen LogP contribution is -2.28. The molecule has 4 N–H and O–H groups in total. The van der Waals surface area contributed by atoms with Crippen LogP contribution in [0.25, 0.3) is 5.52 Å². The zero-order valence-corrected chi connectivity index (χ0v) is 20.1. The van der Waals surface area contributed by atoms with Crippen molar-refractivity contribution in [2.75, 3.05) is 25.6 Å². The highest BCUT2D eigenvalue weighted by Gasteiger charge is 2.45. The second-order valence-electron chi connectivity index (χ2n) is 8.13. The maximum atomic E-state index is 10.1. The highest BCUT2D eigenvalue weighted by molar-refractivity contribution is 7.40. The van der Waals surface area contributed by atoms with Crippen molar-refractivity contribution in [1.82, 2.24) is 14.6 Å². The standard InChI is InChI=1S/C23H25N6O6P/c24-9-16-1-3-17(4-2-16)11-32-19(10-30)13-34-36(31)33-12-18-7-8-23(14-25,35-18)21-6-5-20-22(26)27-15-28-29(20)21/h1-6,15,18-19,30-31H,7-8,10-13H2,(H2,26,27,28)/t18-,19?,23-,36?/m0/s1. The summed E-state index contributed by atoms with van der Waals surface area (Å²) in [5.74, 6) is 0.298. The minimum Gasteiger partial charge on any atom is -0.394 e. The van der Waals surface area contributed by atoms with E-state index in [0.717, 1.165) is 5.56 Å². The molecule has 1 fully saturated rings. The topological polar surface area (TPSA) is 181 Å². The molecule has 1 aliphatic rings. The molecular weight excluding hydrogens is 487 g/mol. The van der Waals surface area contributed by atoms with Crippen molar-refractivity contribution in [2.24, 2.45) is 0 Å².